The van der Waals surface area contributed by atoms with E-state index in [4.69, 9.17) is 18.9 Å². The zero-order valence-corrected chi connectivity index (χ0v) is 14.4. The van der Waals surface area contributed by atoms with Crippen LogP contribution in [-0.2, 0) is 28.5 Å². The fraction of sp³-hybridized carbons (Fsp3) is 0.875. The van der Waals surface area contributed by atoms with Crippen LogP contribution in [0.4, 0.5) is 0 Å². The third kappa shape index (κ3) is 7.76. The van der Waals surface area contributed by atoms with Crippen LogP contribution in [0.5, 0.6) is 0 Å². The fourth-order valence-electron chi connectivity index (χ4n) is 2.46. The molecule has 7 nitrogen and oxygen atoms in total. The van der Waals surface area contributed by atoms with Crippen molar-refractivity contribution < 1.29 is 28.5 Å². The molecule has 0 aromatic rings. The van der Waals surface area contributed by atoms with E-state index in [9.17, 15) is 9.59 Å². The van der Waals surface area contributed by atoms with Crippen molar-refractivity contribution in [2.45, 2.75) is 20.3 Å². The van der Waals surface area contributed by atoms with Crippen molar-refractivity contribution in [3.63, 3.8) is 0 Å². The SMILES string of the molecule is COC(=O)C(C)CC(C)C(=O)N1CCOCCOCCOCC1. The molecule has 23 heavy (non-hydrogen) atoms. The molecule has 0 aromatic carbocycles. The second-order valence-corrected chi connectivity index (χ2v) is 5.72. The number of ether oxygens (including phenoxy) is 4. The smallest absolute Gasteiger partial charge is 0.308 e. The number of nitrogens with zero attached hydrogens (tertiary/aromatic N) is 1. The highest BCUT2D eigenvalue weighted by molar-refractivity contribution is 5.79. The molecule has 0 bridgehead atoms. The summed E-state index contributed by atoms with van der Waals surface area (Å²) in [5.74, 6) is -0.817. The van der Waals surface area contributed by atoms with Gasteiger partial charge in [-0.1, -0.05) is 13.8 Å². The van der Waals surface area contributed by atoms with E-state index in [1.54, 1.807) is 11.8 Å². The van der Waals surface area contributed by atoms with Gasteiger partial charge in [0.1, 0.15) is 0 Å². The van der Waals surface area contributed by atoms with Crippen molar-refractivity contribution in [2.24, 2.45) is 11.8 Å². The molecule has 1 heterocycles. The van der Waals surface area contributed by atoms with Gasteiger partial charge in [-0.3, -0.25) is 9.59 Å². The Morgan fingerprint density at radius 2 is 1.39 bits per heavy atom. The maximum atomic E-state index is 12.6. The minimum absolute atomic E-state index is 0.0151. The van der Waals surface area contributed by atoms with E-state index in [-0.39, 0.29) is 23.7 Å². The van der Waals surface area contributed by atoms with E-state index in [2.05, 4.69) is 0 Å². The van der Waals surface area contributed by atoms with Gasteiger partial charge in [-0.25, -0.2) is 0 Å². The Hall–Kier alpha value is -1.18. The third-order valence-corrected chi connectivity index (χ3v) is 3.80. The lowest BCUT2D eigenvalue weighted by Crippen LogP contribution is -2.41. The highest BCUT2D eigenvalue weighted by Crippen LogP contribution is 2.16. The van der Waals surface area contributed by atoms with Gasteiger partial charge in [0.05, 0.1) is 52.7 Å². The lowest BCUT2D eigenvalue weighted by atomic mass is 9.96. The molecule has 0 saturated carbocycles. The maximum Gasteiger partial charge on any atom is 0.308 e. The zero-order chi connectivity index (χ0) is 17.1. The molecule has 0 N–H and O–H groups in total. The fourth-order valence-corrected chi connectivity index (χ4v) is 2.46. The Morgan fingerprint density at radius 1 is 0.913 bits per heavy atom. The summed E-state index contributed by atoms with van der Waals surface area (Å²) in [7, 11) is 1.36. The van der Waals surface area contributed by atoms with E-state index in [0.717, 1.165) is 0 Å². The van der Waals surface area contributed by atoms with E-state index in [0.29, 0.717) is 59.2 Å². The third-order valence-electron chi connectivity index (χ3n) is 3.80. The minimum atomic E-state index is -0.295. The van der Waals surface area contributed by atoms with E-state index in [1.165, 1.54) is 7.11 Å². The summed E-state index contributed by atoms with van der Waals surface area (Å²) < 4.78 is 21.0. The molecular weight excluding hydrogens is 302 g/mol. The molecule has 2 atom stereocenters. The molecule has 0 aromatic heterocycles. The van der Waals surface area contributed by atoms with Crippen LogP contribution in [0.3, 0.4) is 0 Å². The Balaban J connectivity index is 2.52. The highest BCUT2D eigenvalue weighted by Gasteiger charge is 2.25. The van der Waals surface area contributed by atoms with Crippen LogP contribution >= 0.6 is 0 Å². The van der Waals surface area contributed by atoms with Gasteiger partial charge in [-0.15, -0.1) is 0 Å². The predicted octanol–water partition coefficient (Wildman–Crippen LogP) is 0.714. The van der Waals surface area contributed by atoms with Crippen LogP contribution in [0.25, 0.3) is 0 Å². The van der Waals surface area contributed by atoms with Crippen LogP contribution in [0.15, 0.2) is 0 Å². The molecule has 134 valence electrons. The summed E-state index contributed by atoms with van der Waals surface area (Å²) in [5.41, 5.74) is 0. The number of hydrogen-bond donors (Lipinski definition) is 0. The summed E-state index contributed by atoms with van der Waals surface area (Å²) in [5, 5.41) is 0. The van der Waals surface area contributed by atoms with Crippen molar-refractivity contribution in [3.8, 4) is 0 Å². The number of rotatable bonds is 4. The molecular formula is C16H29NO6. The average molecular weight is 331 g/mol. The maximum absolute atomic E-state index is 12.6. The monoisotopic (exact) mass is 331 g/mol. The van der Waals surface area contributed by atoms with E-state index < -0.39 is 0 Å². The first-order valence-corrected chi connectivity index (χ1v) is 8.16. The van der Waals surface area contributed by atoms with E-state index in [1.807, 2.05) is 6.92 Å². The van der Waals surface area contributed by atoms with Gasteiger partial charge in [0.2, 0.25) is 5.91 Å². The van der Waals surface area contributed by atoms with Gasteiger partial charge in [0.25, 0.3) is 0 Å². The first-order valence-electron chi connectivity index (χ1n) is 8.16. The van der Waals surface area contributed by atoms with Crippen LogP contribution in [0, 0.1) is 11.8 Å². The normalized spacial score (nSPS) is 20.7. The van der Waals surface area contributed by atoms with Crippen LogP contribution in [0.1, 0.15) is 20.3 Å². The molecule has 1 aliphatic rings. The Morgan fingerprint density at radius 3 is 1.87 bits per heavy atom. The molecule has 1 saturated heterocycles. The summed E-state index contributed by atoms with van der Waals surface area (Å²) in [6.07, 6.45) is 0.470. The Bertz CT molecular complexity index is 350. The number of hydrogen-bond acceptors (Lipinski definition) is 6. The van der Waals surface area contributed by atoms with Crippen LogP contribution < -0.4 is 0 Å². The number of esters is 1. The van der Waals surface area contributed by atoms with Crippen molar-refractivity contribution in [1.29, 1.82) is 0 Å². The van der Waals surface area contributed by atoms with Crippen LogP contribution in [-0.4, -0.2) is 76.6 Å². The van der Waals surface area contributed by atoms with Gasteiger partial charge in [0.15, 0.2) is 0 Å². The highest BCUT2D eigenvalue weighted by atomic mass is 16.5. The van der Waals surface area contributed by atoms with Crippen LogP contribution in [0.2, 0.25) is 0 Å². The number of methoxy groups -OCH3 is 1. The largest absolute Gasteiger partial charge is 0.469 e. The first-order chi connectivity index (χ1) is 11.1. The lowest BCUT2D eigenvalue weighted by molar-refractivity contribution is -0.146. The summed E-state index contributed by atoms with van der Waals surface area (Å²) in [4.78, 5) is 25.8. The lowest BCUT2D eigenvalue weighted by Gasteiger charge is -2.27. The topological polar surface area (TPSA) is 74.3 Å². The zero-order valence-electron chi connectivity index (χ0n) is 14.4. The van der Waals surface area contributed by atoms with Gasteiger partial charge < -0.3 is 23.8 Å². The quantitative estimate of drug-likeness (QED) is 0.707. The van der Waals surface area contributed by atoms with Crippen molar-refractivity contribution in [3.05, 3.63) is 0 Å². The molecule has 7 heteroatoms. The number of carbonyl (C=O) groups is 2. The molecule has 1 rings (SSSR count). The van der Waals surface area contributed by atoms with Crippen molar-refractivity contribution >= 4 is 11.9 Å². The first kappa shape index (κ1) is 19.9. The van der Waals surface area contributed by atoms with Gasteiger partial charge in [0, 0.05) is 19.0 Å². The standard InChI is InChI=1S/C16H29NO6/c1-13(12-14(2)16(19)20-3)15(18)17-4-6-21-8-10-23-11-9-22-7-5-17/h13-14H,4-12H2,1-3H3. The molecule has 1 amide bonds. The van der Waals surface area contributed by atoms with E-state index >= 15 is 0 Å². The Kier molecular flexibility index (Phi) is 9.82. The minimum Gasteiger partial charge on any atom is -0.469 e. The second kappa shape index (κ2) is 11.4. The average Bonchev–Trinajstić information content (AvgIpc) is 2.53. The van der Waals surface area contributed by atoms with Gasteiger partial charge in [-0.05, 0) is 6.42 Å². The summed E-state index contributed by atoms with van der Waals surface area (Å²) >= 11 is 0. The summed E-state index contributed by atoms with van der Waals surface area (Å²) in [6.45, 7) is 7.66. The molecule has 0 radical (unpaired) electrons. The predicted molar refractivity (Wildman–Crippen MR) is 84.0 cm³/mol. The van der Waals surface area contributed by atoms with Gasteiger partial charge in [-0.2, -0.15) is 0 Å². The number of amides is 1. The van der Waals surface area contributed by atoms with Gasteiger partial charge >= 0.3 is 5.97 Å². The summed E-state index contributed by atoms with van der Waals surface area (Å²) in [6, 6.07) is 0. The molecule has 1 fully saturated rings. The number of carbonyl (C=O) groups excluding carboxylic acids is 2. The molecule has 0 aliphatic carbocycles. The Labute approximate surface area is 138 Å². The molecule has 1 aliphatic heterocycles. The second-order valence-electron chi connectivity index (χ2n) is 5.72. The van der Waals surface area contributed by atoms with Crippen molar-refractivity contribution in [2.75, 3.05) is 59.8 Å². The molecule has 0 spiro atoms. The van der Waals surface area contributed by atoms with Crippen molar-refractivity contribution in [1.82, 2.24) is 4.90 Å². The molecule has 2 unspecified atom stereocenters.